The molecule has 0 aliphatic rings. The van der Waals surface area contributed by atoms with Crippen molar-refractivity contribution in [3.05, 3.63) is 78.1 Å². The smallest absolute Gasteiger partial charge is 0.341 e. The predicted octanol–water partition coefficient (Wildman–Crippen LogP) is 3.81. The minimum Gasteiger partial charge on any atom is -0.482 e. The average molecular weight is 388 g/mol. The Morgan fingerprint density at radius 3 is 2.62 bits per heavy atom. The van der Waals surface area contributed by atoms with Crippen LogP contribution in [0.2, 0.25) is 0 Å². The Morgan fingerprint density at radius 1 is 1.03 bits per heavy atom. The number of carbonyl (C=O) groups excluding carboxylic acids is 1. The molecule has 3 aromatic carbocycles. The molecular weight excluding hydrogens is 372 g/mol. The highest BCUT2D eigenvalue weighted by molar-refractivity contribution is 6.08. The number of fused-ring (bicyclic) bond motifs is 3. The molecule has 1 aromatic heterocycles. The molecule has 0 unspecified atom stereocenters. The summed E-state index contributed by atoms with van der Waals surface area (Å²) in [6.45, 7) is -0.406. The van der Waals surface area contributed by atoms with Gasteiger partial charge in [0.05, 0.1) is 6.21 Å². The number of hydrogen-bond acceptors (Lipinski definition) is 5. The maximum absolute atomic E-state index is 12.3. The molecule has 2 N–H and O–H groups in total. The standard InChI is InChI=1S/C22H16N2O5/c25-21(26)13-28-16-8-5-14(6-9-16)12-23-24-22(27)20-11-18-17-4-2-1-3-15(17)7-10-19(18)29-20/h1-12H,13H2,(H,24,27)(H,25,26)/b23-12-. The zero-order chi connectivity index (χ0) is 20.2. The molecule has 29 heavy (non-hydrogen) atoms. The molecule has 0 aliphatic carbocycles. The van der Waals surface area contributed by atoms with Crippen LogP contribution in [0.1, 0.15) is 16.1 Å². The van der Waals surface area contributed by atoms with Gasteiger partial charge in [-0.2, -0.15) is 5.10 Å². The van der Waals surface area contributed by atoms with Crippen molar-refractivity contribution in [1.82, 2.24) is 5.43 Å². The monoisotopic (exact) mass is 388 g/mol. The van der Waals surface area contributed by atoms with Crippen LogP contribution >= 0.6 is 0 Å². The topological polar surface area (TPSA) is 101 Å². The van der Waals surface area contributed by atoms with Gasteiger partial charge in [-0.3, -0.25) is 4.79 Å². The number of rotatable bonds is 6. The number of amides is 1. The van der Waals surface area contributed by atoms with E-state index < -0.39 is 18.5 Å². The second kappa shape index (κ2) is 7.85. The van der Waals surface area contributed by atoms with Gasteiger partial charge in [-0.25, -0.2) is 10.2 Å². The summed E-state index contributed by atoms with van der Waals surface area (Å²) in [6, 6.07) is 20.0. The first-order valence-electron chi connectivity index (χ1n) is 8.79. The molecule has 7 heteroatoms. The fourth-order valence-corrected chi connectivity index (χ4v) is 2.92. The maximum atomic E-state index is 12.3. The zero-order valence-corrected chi connectivity index (χ0v) is 15.2. The van der Waals surface area contributed by atoms with E-state index in [2.05, 4.69) is 10.5 Å². The van der Waals surface area contributed by atoms with Crippen molar-refractivity contribution in [2.45, 2.75) is 0 Å². The van der Waals surface area contributed by atoms with Crippen molar-refractivity contribution in [2.24, 2.45) is 5.10 Å². The van der Waals surface area contributed by atoms with Crippen LogP contribution in [0, 0.1) is 0 Å². The van der Waals surface area contributed by atoms with Crippen LogP contribution in [-0.2, 0) is 4.79 Å². The lowest BCUT2D eigenvalue weighted by atomic mass is 10.1. The van der Waals surface area contributed by atoms with Crippen molar-refractivity contribution >= 4 is 39.8 Å². The van der Waals surface area contributed by atoms with E-state index in [1.807, 2.05) is 36.4 Å². The van der Waals surface area contributed by atoms with Crippen molar-refractivity contribution in [1.29, 1.82) is 0 Å². The van der Waals surface area contributed by atoms with Gasteiger partial charge >= 0.3 is 11.9 Å². The highest BCUT2D eigenvalue weighted by Gasteiger charge is 2.13. The fourth-order valence-electron chi connectivity index (χ4n) is 2.92. The minimum atomic E-state index is -1.04. The number of aliphatic carboxylic acids is 1. The summed E-state index contributed by atoms with van der Waals surface area (Å²) in [5, 5.41) is 15.5. The molecular formula is C22H16N2O5. The first-order valence-corrected chi connectivity index (χ1v) is 8.79. The molecule has 0 saturated heterocycles. The van der Waals surface area contributed by atoms with E-state index in [1.165, 1.54) is 6.21 Å². The van der Waals surface area contributed by atoms with Crippen LogP contribution in [0.4, 0.5) is 0 Å². The third-order valence-corrected chi connectivity index (χ3v) is 4.27. The molecule has 144 valence electrons. The van der Waals surface area contributed by atoms with Crippen molar-refractivity contribution in [2.75, 3.05) is 6.61 Å². The van der Waals surface area contributed by atoms with E-state index in [1.54, 1.807) is 30.3 Å². The van der Waals surface area contributed by atoms with Gasteiger partial charge in [0.15, 0.2) is 12.4 Å². The number of nitrogens with one attached hydrogen (secondary N) is 1. The molecule has 1 heterocycles. The molecule has 0 bridgehead atoms. The first-order chi connectivity index (χ1) is 14.1. The van der Waals surface area contributed by atoms with E-state index in [9.17, 15) is 9.59 Å². The lowest BCUT2D eigenvalue weighted by molar-refractivity contribution is -0.139. The largest absolute Gasteiger partial charge is 0.482 e. The quantitative estimate of drug-likeness (QED) is 0.386. The molecule has 4 aromatic rings. The molecule has 0 aliphatic heterocycles. The summed E-state index contributed by atoms with van der Waals surface area (Å²) in [4.78, 5) is 22.8. The molecule has 0 spiro atoms. The number of nitrogens with zero attached hydrogens (tertiary/aromatic N) is 1. The van der Waals surface area contributed by atoms with Crippen molar-refractivity contribution in [3.8, 4) is 5.75 Å². The average Bonchev–Trinajstić information content (AvgIpc) is 3.18. The van der Waals surface area contributed by atoms with Gasteiger partial charge < -0.3 is 14.3 Å². The Hall–Kier alpha value is -4.13. The summed E-state index contributed by atoms with van der Waals surface area (Å²) < 4.78 is 10.7. The van der Waals surface area contributed by atoms with Gasteiger partial charge in [-0.1, -0.05) is 30.3 Å². The third-order valence-electron chi connectivity index (χ3n) is 4.27. The van der Waals surface area contributed by atoms with Crippen molar-refractivity contribution < 1.29 is 23.8 Å². The number of furan rings is 1. The van der Waals surface area contributed by atoms with Gasteiger partial charge in [0.2, 0.25) is 0 Å². The van der Waals surface area contributed by atoms with Crippen LogP contribution in [-0.4, -0.2) is 29.8 Å². The van der Waals surface area contributed by atoms with Gasteiger partial charge in [0.1, 0.15) is 11.3 Å². The number of benzene rings is 3. The molecule has 0 saturated carbocycles. The Bertz CT molecular complexity index is 1230. The lowest BCUT2D eigenvalue weighted by Crippen LogP contribution is -2.16. The van der Waals surface area contributed by atoms with Crippen LogP contribution in [0.3, 0.4) is 0 Å². The van der Waals surface area contributed by atoms with Crippen LogP contribution in [0.5, 0.6) is 5.75 Å². The molecule has 4 rings (SSSR count). The van der Waals surface area contributed by atoms with Crippen LogP contribution in [0.25, 0.3) is 21.7 Å². The number of carbonyl (C=O) groups is 2. The van der Waals surface area contributed by atoms with Gasteiger partial charge in [0.25, 0.3) is 0 Å². The molecule has 0 fully saturated rings. The second-order valence-electron chi connectivity index (χ2n) is 6.26. The normalized spacial score (nSPS) is 11.2. The number of hydrogen-bond donors (Lipinski definition) is 2. The zero-order valence-electron chi connectivity index (χ0n) is 15.2. The molecule has 0 radical (unpaired) electrons. The number of carboxylic acids is 1. The van der Waals surface area contributed by atoms with E-state index in [0.717, 1.165) is 16.2 Å². The fraction of sp³-hybridized carbons (Fsp3) is 0.0455. The summed E-state index contributed by atoms with van der Waals surface area (Å²) in [5.41, 5.74) is 3.78. The van der Waals surface area contributed by atoms with Crippen LogP contribution < -0.4 is 10.2 Å². The second-order valence-corrected chi connectivity index (χ2v) is 6.26. The van der Waals surface area contributed by atoms with Crippen LogP contribution in [0.15, 0.2) is 76.2 Å². The van der Waals surface area contributed by atoms with Gasteiger partial charge in [-0.05, 0) is 52.7 Å². The van der Waals surface area contributed by atoms with Gasteiger partial charge in [-0.15, -0.1) is 0 Å². The van der Waals surface area contributed by atoms with E-state index in [4.69, 9.17) is 14.3 Å². The maximum Gasteiger partial charge on any atom is 0.341 e. The molecule has 7 nitrogen and oxygen atoms in total. The highest BCUT2D eigenvalue weighted by Crippen LogP contribution is 2.28. The van der Waals surface area contributed by atoms with Crippen molar-refractivity contribution in [3.63, 3.8) is 0 Å². The number of carboxylic acid groups (broad SMARTS) is 1. The van der Waals surface area contributed by atoms with E-state index in [0.29, 0.717) is 16.9 Å². The Labute approximate surface area is 165 Å². The summed E-state index contributed by atoms with van der Waals surface area (Å²) >= 11 is 0. The summed E-state index contributed by atoms with van der Waals surface area (Å²) in [6.07, 6.45) is 1.47. The number of hydrazone groups is 1. The minimum absolute atomic E-state index is 0.172. The third kappa shape index (κ3) is 4.08. The van der Waals surface area contributed by atoms with E-state index in [-0.39, 0.29) is 5.76 Å². The predicted molar refractivity (Wildman–Crippen MR) is 108 cm³/mol. The Kier molecular flexibility index (Phi) is 4.94. The lowest BCUT2D eigenvalue weighted by Gasteiger charge is -2.02. The molecule has 1 amide bonds. The first kappa shape index (κ1) is 18.2. The van der Waals surface area contributed by atoms with Gasteiger partial charge in [0, 0.05) is 5.39 Å². The Morgan fingerprint density at radius 2 is 1.83 bits per heavy atom. The summed E-state index contributed by atoms with van der Waals surface area (Å²) in [5.74, 6) is -0.895. The molecule has 0 atom stereocenters. The SMILES string of the molecule is O=C(O)COc1ccc(/C=N\NC(=O)c2cc3c(ccc4ccccc43)o2)cc1. The Balaban J connectivity index is 1.44. The number of ether oxygens (including phenoxy) is 1. The highest BCUT2D eigenvalue weighted by atomic mass is 16.5. The summed E-state index contributed by atoms with van der Waals surface area (Å²) in [7, 11) is 0. The van der Waals surface area contributed by atoms with E-state index >= 15 is 0 Å².